The van der Waals surface area contributed by atoms with E-state index in [2.05, 4.69) is 10.7 Å². The van der Waals surface area contributed by atoms with Gasteiger partial charge in [0, 0.05) is 19.6 Å². The van der Waals surface area contributed by atoms with E-state index in [1.807, 2.05) is 6.92 Å². The highest BCUT2D eigenvalue weighted by atomic mass is 31.1. The van der Waals surface area contributed by atoms with Crippen LogP contribution in [0.3, 0.4) is 0 Å². The minimum absolute atomic E-state index is 0.284. The Labute approximate surface area is 119 Å². The molecule has 3 amide bonds. The molecule has 4 N–H and O–H groups in total. The second-order valence-corrected chi connectivity index (χ2v) is 6.48. The van der Waals surface area contributed by atoms with E-state index in [-0.39, 0.29) is 5.91 Å². The van der Waals surface area contributed by atoms with E-state index in [0.29, 0.717) is 30.8 Å². The lowest BCUT2D eigenvalue weighted by Crippen LogP contribution is -2.51. The molecule has 1 unspecified atom stereocenters. The van der Waals surface area contributed by atoms with Gasteiger partial charge in [-0.1, -0.05) is 6.92 Å². The minimum atomic E-state index is -2.68. The van der Waals surface area contributed by atoms with Crippen molar-refractivity contribution in [3.05, 3.63) is 0 Å². The third kappa shape index (κ3) is 4.19. The van der Waals surface area contributed by atoms with Crippen molar-refractivity contribution in [2.24, 2.45) is 5.84 Å². The van der Waals surface area contributed by atoms with E-state index in [4.69, 9.17) is 5.84 Å². The molecular weight excluding hydrogens is 281 g/mol. The van der Waals surface area contributed by atoms with Gasteiger partial charge in [0.05, 0.1) is 0 Å². The summed E-state index contributed by atoms with van der Waals surface area (Å²) in [5.74, 6) is 5.37. The van der Waals surface area contributed by atoms with Crippen molar-refractivity contribution in [3.8, 4) is 0 Å². The first-order valence-corrected chi connectivity index (χ1v) is 8.37. The van der Waals surface area contributed by atoms with Crippen LogP contribution in [0.25, 0.3) is 0 Å². The van der Waals surface area contributed by atoms with Gasteiger partial charge in [-0.15, -0.1) is 0 Å². The van der Waals surface area contributed by atoms with Crippen molar-refractivity contribution < 1.29 is 14.2 Å². The summed E-state index contributed by atoms with van der Waals surface area (Å²) >= 11 is 0. The molecule has 1 aliphatic heterocycles. The number of carbonyl (C=O) groups excluding carboxylic acids is 2. The molecule has 9 heteroatoms. The van der Waals surface area contributed by atoms with Gasteiger partial charge >= 0.3 is 6.03 Å². The molecule has 0 radical (unpaired) electrons. The number of nitrogens with zero attached hydrogens (tertiary/aromatic N) is 2. The van der Waals surface area contributed by atoms with E-state index in [0.717, 1.165) is 12.8 Å². The molecule has 20 heavy (non-hydrogen) atoms. The monoisotopic (exact) mass is 305 g/mol. The SMILES string of the molecule is CCCNN(CC)C(=O)N(N)[PH](=O)[C@H]1CCCNC1=O. The normalized spacial score (nSPS) is 20.1. The third-order valence-electron chi connectivity index (χ3n) is 3.13. The third-order valence-corrected chi connectivity index (χ3v) is 4.94. The summed E-state index contributed by atoms with van der Waals surface area (Å²) < 4.78 is 13.0. The van der Waals surface area contributed by atoms with E-state index in [1.165, 1.54) is 5.01 Å². The van der Waals surface area contributed by atoms with E-state index in [1.54, 1.807) is 6.92 Å². The molecule has 1 aliphatic rings. The second kappa shape index (κ2) is 8.24. The molecule has 0 saturated carbocycles. The van der Waals surface area contributed by atoms with Gasteiger partial charge in [-0.2, -0.15) is 0 Å². The van der Waals surface area contributed by atoms with E-state index < -0.39 is 19.6 Å². The largest absolute Gasteiger partial charge is 0.355 e. The number of urea groups is 1. The van der Waals surface area contributed by atoms with Crippen LogP contribution in [0.15, 0.2) is 0 Å². The number of piperidine rings is 1. The minimum Gasteiger partial charge on any atom is -0.355 e. The van der Waals surface area contributed by atoms with Crippen LogP contribution in [0.2, 0.25) is 0 Å². The maximum absolute atomic E-state index is 12.3. The Morgan fingerprint density at radius 2 is 2.25 bits per heavy atom. The van der Waals surface area contributed by atoms with Gasteiger partial charge in [0.2, 0.25) is 5.91 Å². The zero-order valence-electron chi connectivity index (χ0n) is 12.0. The molecule has 1 heterocycles. The van der Waals surface area contributed by atoms with Crippen LogP contribution in [-0.2, 0) is 9.36 Å². The van der Waals surface area contributed by atoms with Crippen molar-refractivity contribution in [2.45, 2.75) is 38.8 Å². The maximum atomic E-state index is 12.3. The quantitative estimate of drug-likeness (QED) is 0.282. The van der Waals surface area contributed by atoms with E-state index >= 15 is 0 Å². The highest BCUT2D eigenvalue weighted by Crippen LogP contribution is 2.35. The Morgan fingerprint density at radius 1 is 1.55 bits per heavy atom. The first-order valence-electron chi connectivity index (χ1n) is 6.94. The van der Waals surface area contributed by atoms with Crippen LogP contribution >= 0.6 is 7.95 Å². The second-order valence-electron chi connectivity index (χ2n) is 4.63. The fourth-order valence-electron chi connectivity index (χ4n) is 1.96. The summed E-state index contributed by atoms with van der Waals surface area (Å²) in [7, 11) is -2.68. The summed E-state index contributed by atoms with van der Waals surface area (Å²) in [6, 6.07) is -0.566. The number of amides is 3. The first-order chi connectivity index (χ1) is 9.52. The summed E-state index contributed by atoms with van der Waals surface area (Å²) in [6.07, 6.45) is 2.11. The van der Waals surface area contributed by atoms with Gasteiger partial charge in [0.1, 0.15) is 5.66 Å². The van der Waals surface area contributed by atoms with Gasteiger partial charge < -0.3 is 9.88 Å². The van der Waals surface area contributed by atoms with Crippen molar-refractivity contribution in [3.63, 3.8) is 0 Å². The van der Waals surface area contributed by atoms with E-state index in [9.17, 15) is 14.2 Å². The molecule has 2 atom stereocenters. The Bertz CT molecular complexity index is 379. The Hall–Kier alpha value is -1.11. The number of nitrogens with one attached hydrogen (secondary N) is 2. The Kier molecular flexibility index (Phi) is 6.98. The number of hydrogen-bond acceptors (Lipinski definition) is 5. The molecule has 0 aromatic carbocycles. The van der Waals surface area contributed by atoms with Gasteiger partial charge in [0.15, 0.2) is 7.95 Å². The molecule has 8 nitrogen and oxygen atoms in total. The Balaban J connectivity index is 2.66. The smallest absolute Gasteiger partial charge is 0.354 e. The Morgan fingerprint density at radius 3 is 2.80 bits per heavy atom. The lowest BCUT2D eigenvalue weighted by molar-refractivity contribution is -0.121. The average Bonchev–Trinajstić information content (AvgIpc) is 2.46. The number of hydrazine groups is 2. The molecule has 0 bridgehead atoms. The predicted octanol–water partition coefficient (Wildman–Crippen LogP) is 0.272. The number of hydrogen-bond donors (Lipinski definition) is 3. The maximum Gasteiger partial charge on any atom is 0.354 e. The molecule has 0 aromatic rings. The standard InChI is InChI=1S/C11H24N5O3P/c1-3-7-14-15(4-2)11(18)16(12)20(19)9-6-5-8-13-10(9)17/h9,14,20H,3-8,12H2,1-2H3,(H,13,17)/t9-/m0/s1. The topological polar surface area (TPSA) is 108 Å². The summed E-state index contributed by atoms with van der Waals surface area (Å²) in [6.45, 7) is 5.37. The highest BCUT2D eigenvalue weighted by molar-refractivity contribution is 7.44. The van der Waals surface area contributed by atoms with Crippen molar-refractivity contribution >= 4 is 19.9 Å². The van der Waals surface area contributed by atoms with Crippen molar-refractivity contribution in [2.75, 3.05) is 19.6 Å². The molecular formula is C11H24N5O3P. The fourth-order valence-corrected chi connectivity index (χ4v) is 3.38. The van der Waals surface area contributed by atoms with Crippen LogP contribution in [0.4, 0.5) is 4.79 Å². The number of rotatable bonds is 6. The van der Waals surface area contributed by atoms with Gasteiger partial charge in [-0.05, 0) is 26.2 Å². The van der Waals surface area contributed by atoms with Crippen molar-refractivity contribution in [1.82, 2.24) is 20.5 Å². The number of carbonyl (C=O) groups is 2. The molecule has 1 rings (SSSR count). The molecule has 1 fully saturated rings. The molecule has 1 saturated heterocycles. The van der Waals surface area contributed by atoms with Gasteiger partial charge in [-0.25, -0.2) is 20.8 Å². The van der Waals surface area contributed by atoms with Crippen LogP contribution in [0.1, 0.15) is 33.1 Å². The average molecular weight is 305 g/mol. The zero-order chi connectivity index (χ0) is 15.1. The lowest BCUT2D eigenvalue weighted by atomic mass is 10.1. The fraction of sp³-hybridized carbons (Fsp3) is 0.818. The summed E-state index contributed by atoms with van der Waals surface area (Å²) in [5, 5.41) is 3.96. The zero-order valence-corrected chi connectivity index (χ0v) is 13.0. The first kappa shape index (κ1) is 16.9. The van der Waals surface area contributed by atoms with Gasteiger partial charge in [-0.3, -0.25) is 9.80 Å². The summed E-state index contributed by atoms with van der Waals surface area (Å²) in [4.78, 5) is 23.8. The highest BCUT2D eigenvalue weighted by Gasteiger charge is 2.33. The lowest BCUT2D eigenvalue weighted by Gasteiger charge is -2.30. The number of nitrogens with two attached hydrogens (primary N) is 1. The predicted molar refractivity (Wildman–Crippen MR) is 77.1 cm³/mol. The van der Waals surface area contributed by atoms with Gasteiger partial charge in [0.25, 0.3) is 0 Å². The molecule has 0 spiro atoms. The molecule has 0 aliphatic carbocycles. The molecule has 116 valence electrons. The van der Waals surface area contributed by atoms with Crippen LogP contribution in [-0.4, -0.2) is 47.0 Å². The van der Waals surface area contributed by atoms with Crippen LogP contribution in [0.5, 0.6) is 0 Å². The van der Waals surface area contributed by atoms with Crippen molar-refractivity contribution in [1.29, 1.82) is 0 Å². The summed E-state index contributed by atoms with van der Waals surface area (Å²) in [5.41, 5.74) is 2.22. The van der Waals surface area contributed by atoms with Crippen LogP contribution < -0.4 is 16.6 Å². The molecule has 0 aromatic heterocycles. The van der Waals surface area contributed by atoms with Crippen LogP contribution in [0, 0.1) is 0 Å².